The Hall–Kier alpha value is -0.830. The van der Waals surface area contributed by atoms with Gasteiger partial charge in [-0.1, -0.05) is 0 Å². The van der Waals surface area contributed by atoms with Gasteiger partial charge in [-0.3, -0.25) is 4.68 Å². The van der Waals surface area contributed by atoms with E-state index in [1.807, 2.05) is 6.20 Å². The van der Waals surface area contributed by atoms with Crippen molar-refractivity contribution in [2.45, 2.75) is 45.2 Å². The first kappa shape index (κ1) is 9.71. The summed E-state index contributed by atoms with van der Waals surface area (Å²) in [6, 6.07) is 2.82. The molecular weight excluding hydrogens is 174 g/mol. The average Bonchev–Trinajstić information content (AvgIpc) is 2.65. The number of aryl methyl sites for hydroxylation is 1. The number of rotatable bonds is 2. The van der Waals surface area contributed by atoms with E-state index in [-0.39, 0.29) is 0 Å². The standard InChI is InChI=1S/C11H19N3/c1-3-14-11(5-7-13-14)10-4-6-12-9(2)8-10/h5,7,9-10,12H,3-4,6,8H2,1-2H3. The van der Waals surface area contributed by atoms with Gasteiger partial charge in [0.05, 0.1) is 0 Å². The molecule has 0 spiro atoms. The lowest BCUT2D eigenvalue weighted by molar-refractivity contribution is 0.366. The van der Waals surface area contributed by atoms with Crippen LogP contribution >= 0.6 is 0 Å². The third-order valence-corrected chi connectivity index (χ3v) is 3.09. The lowest BCUT2D eigenvalue weighted by Gasteiger charge is -2.28. The summed E-state index contributed by atoms with van der Waals surface area (Å²) in [4.78, 5) is 0. The third kappa shape index (κ3) is 1.82. The van der Waals surface area contributed by atoms with E-state index in [9.17, 15) is 0 Å². The number of nitrogens with zero attached hydrogens (tertiary/aromatic N) is 2. The maximum Gasteiger partial charge on any atom is 0.0492 e. The first-order valence-electron chi connectivity index (χ1n) is 5.56. The first-order valence-corrected chi connectivity index (χ1v) is 5.56. The Kier molecular flexibility index (Phi) is 2.87. The summed E-state index contributed by atoms with van der Waals surface area (Å²) in [5.74, 6) is 0.702. The van der Waals surface area contributed by atoms with Crippen molar-refractivity contribution in [1.82, 2.24) is 15.1 Å². The molecule has 1 N–H and O–H groups in total. The monoisotopic (exact) mass is 193 g/mol. The molecule has 0 bridgehead atoms. The molecule has 0 saturated carbocycles. The highest BCUT2D eigenvalue weighted by Gasteiger charge is 2.22. The minimum Gasteiger partial charge on any atom is -0.314 e. The van der Waals surface area contributed by atoms with Crippen LogP contribution in [0, 0.1) is 0 Å². The lowest BCUT2D eigenvalue weighted by Crippen LogP contribution is -2.35. The molecular formula is C11H19N3. The predicted molar refractivity (Wildman–Crippen MR) is 57.3 cm³/mol. The van der Waals surface area contributed by atoms with Crippen LogP contribution in [0.4, 0.5) is 0 Å². The van der Waals surface area contributed by atoms with Crippen LogP contribution in [-0.4, -0.2) is 22.4 Å². The number of hydrogen-bond acceptors (Lipinski definition) is 2. The van der Waals surface area contributed by atoms with E-state index >= 15 is 0 Å². The molecule has 1 saturated heterocycles. The fraction of sp³-hybridized carbons (Fsp3) is 0.727. The van der Waals surface area contributed by atoms with Crippen molar-refractivity contribution in [3.8, 4) is 0 Å². The van der Waals surface area contributed by atoms with Crippen LogP contribution in [0.15, 0.2) is 12.3 Å². The first-order chi connectivity index (χ1) is 6.81. The van der Waals surface area contributed by atoms with E-state index in [2.05, 4.69) is 35.0 Å². The summed E-state index contributed by atoms with van der Waals surface area (Å²) in [6.07, 6.45) is 4.41. The largest absolute Gasteiger partial charge is 0.314 e. The van der Waals surface area contributed by atoms with E-state index in [0.29, 0.717) is 12.0 Å². The van der Waals surface area contributed by atoms with Gasteiger partial charge in [0.1, 0.15) is 0 Å². The van der Waals surface area contributed by atoms with Crippen molar-refractivity contribution < 1.29 is 0 Å². The number of piperidine rings is 1. The zero-order chi connectivity index (χ0) is 9.97. The Morgan fingerprint density at radius 1 is 1.64 bits per heavy atom. The molecule has 0 radical (unpaired) electrons. The average molecular weight is 193 g/mol. The van der Waals surface area contributed by atoms with E-state index in [0.717, 1.165) is 13.1 Å². The summed E-state index contributed by atoms with van der Waals surface area (Å²) >= 11 is 0. The molecule has 14 heavy (non-hydrogen) atoms. The van der Waals surface area contributed by atoms with Crippen LogP contribution < -0.4 is 5.32 Å². The highest BCUT2D eigenvalue weighted by molar-refractivity contribution is 5.09. The summed E-state index contributed by atoms with van der Waals surface area (Å²) in [5, 5.41) is 7.81. The quantitative estimate of drug-likeness (QED) is 0.775. The van der Waals surface area contributed by atoms with Gasteiger partial charge in [-0.25, -0.2) is 0 Å². The lowest BCUT2D eigenvalue weighted by atomic mass is 9.90. The van der Waals surface area contributed by atoms with Crippen LogP contribution in [0.25, 0.3) is 0 Å². The van der Waals surface area contributed by atoms with Crippen molar-refractivity contribution in [2.75, 3.05) is 6.54 Å². The van der Waals surface area contributed by atoms with Crippen molar-refractivity contribution in [1.29, 1.82) is 0 Å². The Morgan fingerprint density at radius 3 is 3.21 bits per heavy atom. The number of nitrogens with one attached hydrogen (secondary N) is 1. The summed E-state index contributed by atoms with van der Waals surface area (Å²) in [6.45, 7) is 6.54. The Balaban J connectivity index is 2.13. The Bertz CT molecular complexity index is 292. The van der Waals surface area contributed by atoms with Gasteiger partial charge in [-0.05, 0) is 39.3 Å². The zero-order valence-electron chi connectivity index (χ0n) is 9.03. The maximum atomic E-state index is 4.33. The molecule has 1 aliphatic heterocycles. The normalized spacial score (nSPS) is 27.9. The van der Waals surface area contributed by atoms with Gasteiger partial charge >= 0.3 is 0 Å². The third-order valence-electron chi connectivity index (χ3n) is 3.09. The molecule has 2 rings (SSSR count). The second-order valence-electron chi connectivity index (χ2n) is 4.15. The maximum absolute atomic E-state index is 4.33. The highest BCUT2D eigenvalue weighted by atomic mass is 15.3. The Morgan fingerprint density at radius 2 is 2.50 bits per heavy atom. The van der Waals surface area contributed by atoms with E-state index < -0.39 is 0 Å². The van der Waals surface area contributed by atoms with Crippen LogP contribution in [0.3, 0.4) is 0 Å². The van der Waals surface area contributed by atoms with Gasteiger partial charge in [0, 0.05) is 30.4 Å². The minimum absolute atomic E-state index is 0.647. The number of hydrogen-bond donors (Lipinski definition) is 1. The molecule has 0 aliphatic carbocycles. The van der Waals surface area contributed by atoms with Gasteiger partial charge in [0.25, 0.3) is 0 Å². The van der Waals surface area contributed by atoms with Gasteiger partial charge in [-0.2, -0.15) is 5.10 Å². The van der Waals surface area contributed by atoms with E-state index in [1.165, 1.54) is 18.5 Å². The van der Waals surface area contributed by atoms with Crippen molar-refractivity contribution in [3.63, 3.8) is 0 Å². The SMILES string of the molecule is CCn1nccc1C1CCNC(C)C1. The molecule has 3 heteroatoms. The fourth-order valence-corrected chi connectivity index (χ4v) is 2.35. The van der Waals surface area contributed by atoms with Crippen molar-refractivity contribution in [3.05, 3.63) is 18.0 Å². The second kappa shape index (κ2) is 4.13. The molecule has 0 amide bonds. The van der Waals surface area contributed by atoms with Crippen LogP contribution in [0.1, 0.15) is 38.3 Å². The molecule has 0 aromatic carbocycles. The van der Waals surface area contributed by atoms with E-state index in [4.69, 9.17) is 0 Å². The summed E-state index contributed by atoms with van der Waals surface area (Å²) in [7, 11) is 0. The van der Waals surface area contributed by atoms with E-state index in [1.54, 1.807) is 0 Å². The zero-order valence-corrected chi connectivity index (χ0v) is 9.03. The second-order valence-corrected chi connectivity index (χ2v) is 4.15. The molecule has 2 heterocycles. The van der Waals surface area contributed by atoms with Gasteiger partial charge in [-0.15, -0.1) is 0 Å². The van der Waals surface area contributed by atoms with Crippen molar-refractivity contribution >= 4 is 0 Å². The van der Waals surface area contributed by atoms with Gasteiger partial charge in [0.15, 0.2) is 0 Å². The summed E-state index contributed by atoms with van der Waals surface area (Å²) in [5.41, 5.74) is 1.42. The highest BCUT2D eigenvalue weighted by Crippen LogP contribution is 2.27. The fourth-order valence-electron chi connectivity index (χ4n) is 2.35. The van der Waals surface area contributed by atoms with Crippen LogP contribution in [0.5, 0.6) is 0 Å². The van der Waals surface area contributed by atoms with Crippen molar-refractivity contribution in [2.24, 2.45) is 0 Å². The van der Waals surface area contributed by atoms with Crippen LogP contribution in [0.2, 0.25) is 0 Å². The molecule has 1 aromatic rings. The molecule has 2 atom stereocenters. The molecule has 1 aromatic heterocycles. The molecule has 2 unspecified atom stereocenters. The van der Waals surface area contributed by atoms with Gasteiger partial charge < -0.3 is 5.32 Å². The molecule has 3 nitrogen and oxygen atoms in total. The van der Waals surface area contributed by atoms with Gasteiger partial charge in [0.2, 0.25) is 0 Å². The predicted octanol–water partition coefficient (Wildman–Crippen LogP) is 1.76. The molecule has 1 aliphatic rings. The topological polar surface area (TPSA) is 29.9 Å². The summed E-state index contributed by atoms with van der Waals surface area (Å²) < 4.78 is 2.13. The van der Waals surface area contributed by atoms with Crippen LogP contribution in [-0.2, 0) is 6.54 Å². The molecule has 78 valence electrons. The smallest absolute Gasteiger partial charge is 0.0492 e. The Labute approximate surface area is 85.5 Å². The molecule has 1 fully saturated rings. The number of aromatic nitrogens is 2. The minimum atomic E-state index is 0.647.